The van der Waals surface area contributed by atoms with Crippen molar-refractivity contribution in [1.29, 1.82) is 0 Å². The van der Waals surface area contributed by atoms with Crippen LogP contribution in [0.3, 0.4) is 0 Å². The number of benzene rings is 2. The van der Waals surface area contributed by atoms with Gasteiger partial charge in [0.25, 0.3) is 5.91 Å². The highest BCUT2D eigenvalue weighted by Crippen LogP contribution is 2.25. The molecule has 0 aromatic heterocycles. The van der Waals surface area contributed by atoms with Gasteiger partial charge in [-0.25, -0.2) is 0 Å². The first-order chi connectivity index (χ1) is 9.51. The van der Waals surface area contributed by atoms with Crippen LogP contribution < -0.4 is 5.32 Å². The largest absolute Gasteiger partial charge is 0.508 e. The molecular formula is C16H17NO2S. The van der Waals surface area contributed by atoms with Gasteiger partial charge in [0.05, 0.1) is 0 Å². The lowest BCUT2D eigenvalue weighted by Gasteiger charge is -2.11. The lowest BCUT2D eigenvalue weighted by Crippen LogP contribution is -2.12. The lowest BCUT2D eigenvalue weighted by atomic mass is 10.1. The van der Waals surface area contributed by atoms with Crippen LogP contribution in [0, 0.1) is 13.8 Å². The van der Waals surface area contributed by atoms with Crippen molar-refractivity contribution in [1.82, 2.24) is 0 Å². The lowest BCUT2D eigenvalue weighted by molar-refractivity contribution is 0.102. The second-order valence-electron chi connectivity index (χ2n) is 4.64. The number of nitrogens with one attached hydrogen (secondary N) is 1. The van der Waals surface area contributed by atoms with Crippen molar-refractivity contribution in [2.24, 2.45) is 0 Å². The summed E-state index contributed by atoms with van der Waals surface area (Å²) < 4.78 is 0. The van der Waals surface area contributed by atoms with E-state index < -0.39 is 0 Å². The minimum Gasteiger partial charge on any atom is -0.508 e. The number of anilines is 1. The predicted octanol–water partition coefficient (Wildman–Crippen LogP) is 3.98. The van der Waals surface area contributed by atoms with Gasteiger partial charge in [-0.3, -0.25) is 4.79 Å². The molecule has 0 saturated heterocycles. The fraction of sp³-hybridized carbons (Fsp3) is 0.188. The van der Waals surface area contributed by atoms with Crippen molar-refractivity contribution in [3.05, 3.63) is 53.1 Å². The molecule has 0 bridgehead atoms. The van der Waals surface area contributed by atoms with Gasteiger partial charge in [-0.2, -0.15) is 0 Å². The molecule has 4 heteroatoms. The summed E-state index contributed by atoms with van der Waals surface area (Å²) in [4.78, 5) is 13.3. The molecule has 20 heavy (non-hydrogen) atoms. The number of rotatable bonds is 3. The van der Waals surface area contributed by atoms with E-state index >= 15 is 0 Å². The van der Waals surface area contributed by atoms with Gasteiger partial charge in [0.1, 0.15) is 5.75 Å². The SMILES string of the molecule is CSc1ccc(C(=O)Nc2cc(C)c(O)cc2C)cc1. The number of aryl methyl sites for hydroxylation is 2. The van der Waals surface area contributed by atoms with Crippen LogP contribution in [-0.4, -0.2) is 17.3 Å². The van der Waals surface area contributed by atoms with Gasteiger partial charge >= 0.3 is 0 Å². The number of carbonyl (C=O) groups excluding carboxylic acids is 1. The number of hydrogen-bond acceptors (Lipinski definition) is 3. The topological polar surface area (TPSA) is 49.3 Å². The van der Waals surface area contributed by atoms with Gasteiger partial charge in [0.2, 0.25) is 0 Å². The zero-order chi connectivity index (χ0) is 14.7. The zero-order valence-corrected chi connectivity index (χ0v) is 12.5. The third-order valence-corrected chi connectivity index (χ3v) is 3.89. The maximum Gasteiger partial charge on any atom is 0.255 e. The van der Waals surface area contributed by atoms with Gasteiger partial charge in [0, 0.05) is 16.1 Å². The molecule has 0 heterocycles. The summed E-state index contributed by atoms with van der Waals surface area (Å²) in [5.41, 5.74) is 2.91. The number of hydrogen-bond donors (Lipinski definition) is 2. The number of phenolic OH excluding ortho intramolecular Hbond substituents is 1. The van der Waals surface area contributed by atoms with E-state index in [9.17, 15) is 9.90 Å². The van der Waals surface area contributed by atoms with Crippen LogP contribution in [0.5, 0.6) is 5.75 Å². The summed E-state index contributed by atoms with van der Waals surface area (Å²) >= 11 is 1.64. The summed E-state index contributed by atoms with van der Waals surface area (Å²) in [6.45, 7) is 3.66. The summed E-state index contributed by atoms with van der Waals surface area (Å²) in [6, 6.07) is 10.9. The van der Waals surface area contributed by atoms with E-state index in [1.165, 1.54) is 0 Å². The van der Waals surface area contributed by atoms with Crippen LogP contribution in [-0.2, 0) is 0 Å². The van der Waals surface area contributed by atoms with Crippen molar-refractivity contribution in [3.63, 3.8) is 0 Å². The molecule has 2 N–H and O–H groups in total. The standard InChI is InChI=1S/C16H17NO2S/c1-10-9-15(18)11(2)8-14(10)17-16(19)12-4-6-13(20-3)7-5-12/h4-9,18H,1-3H3,(H,17,19). The second kappa shape index (κ2) is 6.01. The Bertz CT molecular complexity index is 636. The van der Waals surface area contributed by atoms with Crippen molar-refractivity contribution in [2.75, 3.05) is 11.6 Å². The highest BCUT2D eigenvalue weighted by molar-refractivity contribution is 7.98. The average Bonchev–Trinajstić information content (AvgIpc) is 2.44. The fourth-order valence-electron chi connectivity index (χ4n) is 1.87. The molecule has 0 atom stereocenters. The maximum atomic E-state index is 12.2. The van der Waals surface area contributed by atoms with E-state index in [0.29, 0.717) is 5.56 Å². The van der Waals surface area contributed by atoms with E-state index in [4.69, 9.17) is 0 Å². The smallest absolute Gasteiger partial charge is 0.255 e. The predicted molar refractivity (Wildman–Crippen MR) is 83.8 cm³/mol. The quantitative estimate of drug-likeness (QED) is 0.663. The summed E-state index contributed by atoms with van der Waals surface area (Å²) in [7, 11) is 0. The molecule has 104 valence electrons. The van der Waals surface area contributed by atoms with Crippen molar-refractivity contribution in [2.45, 2.75) is 18.7 Å². The minimum atomic E-state index is -0.147. The number of carbonyl (C=O) groups is 1. The Balaban J connectivity index is 2.20. The van der Waals surface area contributed by atoms with Crippen LogP contribution in [0.1, 0.15) is 21.5 Å². The van der Waals surface area contributed by atoms with E-state index in [2.05, 4.69) is 5.32 Å². The third kappa shape index (κ3) is 3.14. The van der Waals surface area contributed by atoms with E-state index in [-0.39, 0.29) is 11.7 Å². The van der Waals surface area contributed by atoms with E-state index in [1.807, 2.05) is 37.4 Å². The van der Waals surface area contributed by atoms with Crippen molar-refractivity contribution < 1.29 is 9.90 Å². The van der Waals surface area contributed by atoms with Crippen LogP contribution in [0.4, 0.5) is 5.69 Å². The van der Waals surface area contributed by atoms with Gasteiger partial charge in [-0.15, -0.1) is 11.8 Å². The summed E-state index contributed by atoms with van der Waals surface area (Å²) in [5.74, 6) is 0.0932. The second-order valence-corrected chi connectivity index (χ2v) is 5.52. The van der Waals surface area contributed by atoms with Crippen LogP contribution in [0.2, 0.25) is 0 Å². The Labute approximate surface area is 123 Å². The molecule has 0 aliphatic heterocycles. The molecule has 0 spiro atoms. The molecule has 0 fully saturated rings. The van der Waals surface area contributed by atoms with E-state index in [1.54, 1.807) is 30.8 Å². The Morgan fingerprint density at radius 1 is 1.10 bits per heavy atom. The van der Waals surface area contributed by atoms with Crippen LogP contribution >= 0.6 is 11.8 Å². The molecule has 3 nitrogen and oxygen atoms in total. The van der Waals surface area contributed by atoms with Crippen LogP contribution in [0.25, 0.3) is 0 Å². The number of amides is 1. The van der Waals surface area contributed by atoms with E-state index in [0.717, 1.165) is 21.7 Å². The Kier molecular flexibility index (Phi) is 4.35. The van der Waals surface area contributed by atoms with Gasteiger partial charge in [-0.05, 0) is 67.6 Å². The fourth-order valence-corrected chi connectivity index (χ4v) is 2.28. The number of aromatic hydroxyl groups is 1. The summed E-state index contributed by atoms with van der Waals surface area (Å²) in [6.07, 6.45) is 2.00. The normalized spacial score (nSPS) is 10.3. The molecule has 2 aromatic carbocycles. The average molecular weight is 287 g/mol. The monoisotopic (exact) mass is 287 g/mol. The Hall–Kier alpha value is -1.94. The first kappa shape index (κ1) is 14.5. The molecular weight excluding hydrogens is 270 g/mol. The number of phenols is 1. The molecule has 0 aliphatic carbocycles. The molecule has 0 unspecified atom stereocenters. The minimum absolute atomic E-state index is 0.147. The zero-order valence-electron chi connectivity index (χ0n) is 11.7. The molecule has 0 aliphatic rings. The number of thioether (sulfide) groups is 1. The molecule has 2 rings (SSSR count). The summed E-state index contributed by atoms with van der Waals surface area (Å²) in [5, 5.41) is 12.5. The van der Waals surface area contributed by atoms with Gasteiger partial charge < -0.3 is 10.4 Å². The first-order valence-electron chi connectivity index (χ1n) is 6.27. The van der Waals surface area contributed by atoms with Crippen molar-refractivity contribution >= 4 is 23.4 Å². The first-order valence-corrected chi connectivity index (χ1v) is 7.49. The molecule has 0 radical (unpaired) electrons. The molecule has 2 aromatic rings. The highest BCUT2D eigenvalue weighted by atomic mass is 32.2. The third-order valence-electron chi connectivity index (χ3n) is 3.14. The van der Waals surface area contributed by atoms with Crippen molar-refractivity contribution in [3.8, 4) is 5.75 Å². The van der Waals surface area contributed by atoms with Crippen LogP contribution in [0.15, 0.2) is 41.3 Å². The Morgan fingerprint density at radius 2 is 1.75 bits per heavy atom. The molecule has 1 amide bonds. The van der Waals surface area contributed by atoms with Gasteiger partial charge in [-0.1, -0.05) is 0 Å². The molecule has 0 saturated carbocycles. The Morgan fingerprint density at radius 3 is 2.35 bits per heavy atom. The maximum absolute atomic E-state index is 12.2. The highest BCUT2D eigenvalue weighted by Gasteiger charge is 2.09. The van der Waals surface area contributed by atoms with Gasteiger partial charge in [0.15, 0.2) is 0 Å².